The van der Waals surface area contributed by atoms with Crippen molar-refractivity contribution in [3.8, 4) is 0 Å². The van der Waals surface area contributed by atoms with Gasteiger partial charge in [-0.05, 0) is 24.3 Å². The quantitative estimate of drug-likeness (QED) is 0.435. The lowest BCUT2D eigenvalue weighted by atomic mass is 10.3. The van der Waals surface area contributed by atoms with E-state index in [1.54, 1.807) is 35.2 Å². The van der Waals surface area contributed by atoms with Gasteiger partial charge >= 0.3 is 0 Å². The van der Waals surface area contributed by atoms with Crippen LogP contribution in [-0.4, -0.2) is 68.0 Å². The van der Waals surface area contributed by atoms with E-state index < -0.39 is 10.0 Å². The number of nitrogens with zero attached hydrogens (tertiary/aromatic N) is 6. The molecule has 0 radical (unpaired) electrons. The van der Waals surface area contributed by atoms with Gasteiger partial charge in [-0.15, -0.1) is 0 Å². The highest BCUT2D eigenvalue weighted by molar-refractivity contribution is 7.89. The Labute approximate surface area is 187 Å². The van der Waals surface area contributed by atoms with Crippen LogP contribution in [0.2, 0.25) is 0 Å². The van der Waals surface area contributed by atoms with E-state index in [4.69, 9.17) is 0 Å². The van der Waals surface area contributed by atoms with Crippen LogP contribution in [0.5, 0.6) is 0 Å². The zero-order valence-corrected chi connectivity index (χ0v) is 18.4. The second-order valence-electron chi connectivity index (χ2n) is 7.34. The number of hydrogen-bond acceptors (Lipinski definition) is 8. The Hall–Kier alpha value is -3.22. The predicted octanol–water partition coefficient (Wildman–Crippen LogP) is 0.934. The van der Waals surface area contributed by atoms with Crippen LogP contribution in [0.15, 0.2) is 58.4 Å². The number of rotatable bonds is 4. The van der Waals surface area contributed by atoms with Gasteiger partial charge in [0.1, 0.15) is 22.5 Å². The number of hydrogen-bond donors (Lipinski definition) is 0. The van der Waals surface area contributed by atoms with Crippen LogP contribution in [0, 0.1) is 0 Å². The third kappa shape index (κ3) is 3.55. The Bertz CT molecular complexity index is 1490. The third-order valence-corrected chi connectivity index (χ3v) is 7.98. The van der Waals surface area contributed by atoms with Crippen molar-refractivity contribution in [2.75, 3.05) is 26.2 Å². The van der Waals surface area contributed by atoms with E-state index >= 15 is 0 Å². The van der Waals surface area contributed by atoms with Crippen molar-refractivity contribution in [1.29, 1.82) is 0 Å². The van der Waals surface area contributed by atoms with Crippen LogP contribution in [-0.2, 0) is 21.4 Å². The molecule has 2 aromatic carbocycles. The Balaban J connectivity index is 1.32. The summed E-state index contributed by atoms with van der Waals surface area (Å²) in [7, 11) is -3.77. The zero-order chi connectivity index (χ0) is 22.3. The lowest BCUT2D eigenvalue weighted by molar-refractivity contribution is -0.133. The van der Waals surface area contributed by atoms with Crippen molar-refractivity contribution in [1.82, 2.24) is 27.5 Å². The van der Waals surface area contributed by atoms with Gasteiger partial charge in [0.2, 0.25) is 15.9 Å². The maximum atomic E-state index is 13.2. The molecule has 32 heavy (non-hydrogen) atoms. The van der Waals surface area contributed by atoms with Crippen molar-refractivity contribution in [2.24, 2.45) is 0 Å². The zero-order valence-electron chi connectivity index (χ0n) is 16.8. The largest absolute Gasteiger partial charge is 0.338 e. The van der Waals surface area contributed by atoms with Crippen molar-refractivity contribution >= 4 is 49.7 Å². The van der Waals surface area contributed by atoms with Crippen molar-refractivity contribution in [3.63, 3.8) is 0 Å². The van der Waals surface area contributed by atoms with E-state index in [9.17, 15) is 18.0 Å². The molecule has 1 aliphatic heterocycles. The summed E-state index contributed by atoms with van der Waals surface area (Å²) in [6.45, 7) is 0.669. The van der Waals surface area contributed by atoms with Gasteiger partial charge in [-0.25, -0.2) is 13.4 Å². The molecule has 4 aromatic rings. The van der Waals surface area contributed by atoms with E-state index in [1.807, 2.05) is 6.07 Å². The van der Waals surface area contributed by atoms with E-state index in [2.05, 4.69) is 13.7 Å². The van der Waals surface area contributed by atoms with E-state index in [1.165, 1.54) is 21.1 Å². The number of para-hydroxylation sites is 2. The van der Waals surface area contributed by atoms with Crippen LogP contribution in [0.4, 0.5) is 0 Å². The summed E-state index contributed by atoms with van der Waals surface area (Å²) in [4.78, 5) is 31.0. The summed E-state index contributed by atoms with van der Waals surface area (Å²) in [6, 6.07) is 12.0. The molecular formula is C20H18N6O4S2. The summed E-state index contributed by atoms with van der Waals surface area (Å²) >= 11 is 0.969. The molecule has 0 spiro atoms. The molecule has 164 valence electrons. The molecule has 1 aliphatic rings. The molecule has 0 aliphatic carbocycles. The van der Waals surface area contributed by atoms with E-state index in [-0.39, 0.29) is 49.1 Å². The summed E-state index contributed by atoms with van der Waals surface area (Å²) in [5, 5.41) is 0. The summed E-state index contributed by atoms with van der Waals surface area (Å²) in [5.41, 5.74) is 1.75. The fourth-order valence-electron chi connectivity index (χ4n) is 3.82. The Kier molecular flexibility index (Phi) is 5.19. The highest BCUT2D eigenvalue weighted by Gasteiger charge is 2.32. The molecule has 1 amide bonds. The van der Waals surface area contributed by atoms with E-state index in [0.29, 0.717) is 22.1 Å². The van der Waals surface area contributed by atoms with E-state index in [0.717, 1.165) is 11.7 Å². The van der Waals surface area contributed by atoms with Crippen molar-refractivity contribution < 1.29 is 13.2 Å². The number of benzene rings is 2. The fourth-order valence-corrected chi connectivity index (χ4v) is 5.99. The molecule has 12 heteroatoms. The molecule has 1 saturated heterocycles. The average molecular weight is 471 g/mol. The minimum absolute atomic E-state index is 0.123. The van der Waals surface area contributed by atoms with Gasteiger partial charge in [0.25, 0.3) is 5.56 Å². The topological polar surface area (TPSA) is 118 Å². The predicted molar refractivity (Wildman–Crippen MR) is 119 cm³/mol. The van der Waals surface area contributed by atoms with Crippen LogP contribution in [0.3, 0.4) is 0 Å². The standard InChI is InChI=1S/C20H18N6O4S2/c27-18-12-21-14-4-1-2-6-16(14)26(18)13-19(28)24-8-10-25(11-9-24)32(29,30)17-7-3-5-15-20(17)23-31-22-15/h1-7,12H,8-11,13H2. The molecule has 0 atom stereocenters. The first-order chi connectivity index (χ1) is 15.4. The Morgan fingerprint density at radius 1 is 0.969 bits per heavy atom. The molecule has 5 rings (SSSR count). The number of carbonyl (C=O) groups is 1. The van der Waals surface area contributed by atoms with Crippen molar-refractivity contribution in [3.05, 3.63) is 59.0 Å². The molecule has 0 bridgehead atoms. The molecular weight excluding hydrogens is 452 g/mol. The maximum absolute atomic E-state index is 13.2. The normalized spacial score (nSPS) is 15.4. The Morgan fingerprint density at radius 2 is 1.72 bits per heavy atom. The number of fused-ring (bicyclic) bond motifs is 2. The van der Waals surface area contributed by atoms with Crippen LogP contribution in [0.25, 0.3) is 22.1 Å². The molecule has 0 saturated carbocycles. The van der Waals surface area contributed by atoms with Crippen LogP contribution in [0.1, 0.15) is 0 Å². The third-order valence-electron chi connectivity index (χ3n) is 5.50. The lowest BCUT2D eigenvalue weighted by Gasteiger charge is -2.34. The smallest absolute Gasteiger partial charge is 0.269 e. The first kappa shape index (κ1) is 20.7. The molecule has 0 unspecified atom stereocenters. The number of aromatic nitrogens is 4. The molecule has 1 fully saturated rings. The average Bonchev–Trinajstić information content (AvgIpc) is 3.30. The van der Waals surface area contributed by atoms with Crippen LogP contribution >= 0.6 is 11.7 Å². The van der Waals surface area contributed by atoms with Gasteiger partial charge < -0.3 is 4.90 Å². The first-order valence-electron chi connectivity index (χ1n) is 9.89. The maximum Gasteiger partial charge on any atom is 0.269 e. The SMILES string of the molecule is O=C(Cn1c(=O)cnc2ccccc21)N1CCN(S(=O)(=O)c2cccc3nsnc23)CC1. The second kappa shape index (κ2) is 8.04. The number of carbonyl (C=O) groups excluding carboxylic acids is 1. The highest BCUT2D eigenvalue weighted by Crippen LogP contribution is 2.25. The van der Waals surface area contributed by atoms with Gasteiger partial charge in [-0.2, -0.15) is 13.1 Å². The number of piperazine rings is 1. The van der Waals surface area contributed by atoms with Gasteiger partial charge in [-0.3, -0.25) is 14.2 Å². The summed E-state index contributed by atoms with van der Waals surface area (Å²) < 4.78 is 37.3. The van der Waals surface area contributed by atoms with Crippen LogP contribution < -0.4 is 5.56 Å². The molecule has 0 N–H and O–H groups in total. The Morgan fingerprint density at radius 3 is 2.53 bits per heavy atom. The minimum atomic E-state index is -3.77. The van der Waals surface area contributed by atoms with Gasteiger partial charge in [0.15, 0.2) is 0 Å². The lowest BCUT2D eigenvalue weighted by Crippen LogP contribution is -2.51. The van der Waals surface area contributed by atoms with Gasteiger partial charge in [-0.1, -0.05) is 18.2 Å². The minimum Gasteiger partial charge on any atom is -0.338 e. The fraction of sp³-hybridized carbons (Fsp3) is 0.250. The number of amides is 1. The highest BCUT2D eigenvalue weighted by atomic mass is 32.2. The summed E-state index contributed by atoms with van der Waals surface area (Å²) in [6.07, 6.45) is 1.20. The number of sulfonamides is 1. The first-order valence-corrected chi connectivity index (χ1v) is 12.1. The monoisotopic (exact) mass is 470 g/mol. The molecule has 3 heterocycles. The van der Waals surface area contributed by atoms with Gasteiger partial charge in [0.05, 0.1) is 29.0 Å². The summed E-state index contributed by atoms with van der Waals surface area (Å²) in [5.74, 6) is -0.244. The second-order valence-corrected chi connectivity index (χ2v) is 9.78. The molecule has 2 aromatic heterocycles. The molecule has 10 nitrogen and oxygen atoms in total. The van der Waals surface area contributed by atoms with Crippen molar-refractivity contribution in [2.45, 2.75) is 11.4 Å². The van der Waals surface area contributed by atoms with Gasteiger partial charge in [0, 0.05) is 26.2 Å².